The molecule has 0 atom stereocenters. The van der Waals surface area contributed by atoms with Crippen molar-refractivity contribution in [3.63, 3.8) is 0 Å². The van der Waals surface area contributed by atoms with Crippen LogP contribution in [0.2, 0.25) is 0 Å². The van der Waals surface area contributed by atoms with Crippen molar-refractivity contribution in [2.24, 2.45) is 0 Å². The van der Waals surface area contributed by atoms with Crippen molar-refractivity contribution in [1.82, 2.24) is 0 Å². The molecule has 0 saturated heterocycles. The Kier molecular flexibility index (Phi) is 5.62. The van der Waals surface area contributed by atoms with Gasteiger partial charge in [0.05, 0.1) is 12.9 Å². The number of hydrogen-bond acceptors (Lipinski definition) is 1. The number of ether oxygens (including phenoxy) is 1. The summed E-state index contributed by atoms with van der Waals surface area (Å²) in [5.41, 5.74) is 3.46. The quantitative estimate of drug-likeness (QED) is 0.469. The number of hydrogen-bond donors (Lipinski definition) is 0. The third-order valence-corrected chi connectivity index (χ3v) is 3.14. The first-order valence-corrected chi connectivity index (χ1v) is 6.57. The Morgan fingerprint density at radius 2 is 1.63 bits per heavy atom. The van der Waals surface area contributed by atoms with Gasteiger partial charge in [-0.3, -0.25) is 0 Å². The van der Waals surface area contributed by atoms with Gasteiger partial charge in [0.2, 0.25) is 0 Å². The van der Waals surface area contributed by atoms with Crippen LogP contribution in [0, 0.1) is 0 Å². The summed E-state index contributed by atoms with van der Waals surface area (Å²) in [6, 6.07) is 10.5. The van der Waals surface area contributed by atoms with Gasteiger partial charge in [-0.2, -0.15) is 0 Å². The lowest BCUT2D eigenvalue weighted by Gasteiger charge is -2.34. The fourth-order valence-corrected chi connectivity index (χ4v) is 2.62. The summed E-state index contributed by atoms with van der Waals surface area (Å²) in [5.74, 6) is 0. The number of benzene rings is 1. The molecule has 0 unspecified atom stereocenters. The molecule has 1 rings (SSSR count). The summed E-state index contributed by atoms with van der Waals surface area (Å²) in [6.45, 7) is 16.5. The maximum absolute atomic E-state index is 5.54. The Hall–Kier alpha value is -1.76. The zero-order chi connectivity index (χ0) is 14.3. The third kappa shape index (κ3) is 4.44. The summed E-state index contributed by atoms with van der Waals surface area (Å²) < 4.78 is 5.54. The Morgan fingerprint density at radius 3 is 2.05 bits per heavy atom. The second-order valence-electron chi connectivity index (χ2n) is 5.39. The Bertz CT molecular complexity index is 426. The molecule has 0 bridgehead atoms. The zero-order valence-electron chi connectivity index (χ0n) is 12.1. The van der Waals surface area contributed by atoms with Gasteiger partial charge in [0.15, 0.2) is 0 Å². The van der Waals surface area contributed by atoms with E-state index in [1.165, 1.54) is 11.8 Å². The van der Waals surface area contributed by atoms with E-state index in [1.54, 1.807) is 0 Å². The van der Waals surface area contributed by atoms with Crippen LogP contribution in [-0.4, -0.2) is 6.61 Å². The summed E-state index contributed by atoms with van der Waals surface area (Å²) in [4.78, 5) is 0. The Balaban J connectivity index is 3.19. The highest BCUT2D eigenvalue weighted by Gasteiger charge is 2.32. The van der Waals surface area contributed by atoms with Crippen LogP contribution >= 0.6 is 0 Å². The van der Waals surface area contributed by atoms with Gasteiger partial charge in [0.1, 0.15) is 0 Å². The highest BCUT2D eigenvalue weighted by molar-refractivity contribution is 5.30. The first-order valence-electron chi connectivity index (χ1n) is 6.57. The molecule has 0 aliphatic carbocycles. The molecule has 102 valence electrons. The first-order chi connectivity index (χ1) is 9.00. The van der Waals surface area contributed by atoms with Gasteiger partial charge in [-0.05, 0) is 32.3 Å². The van der Waals surface area contributed by atoms with Crippen molar-refractivity contribution in [3.8, 4) is 0 Å². The van der Waals surface area contributed by atoms with Gasteiger partial charge < -0.3 is 4.74 Å². The van der Waals surface area contributed by atoms with Crippen LogP contribution < -0.4 is 0 Å². The van der Waals surface area contributed by atoms with Gasteiger partial charge >= 0.3 is 0 Å². The van der Waals surface area contributed by atoms with E-state index in [4.69, 9.17) is 4.74 Å². The van der Waals surface area contributed by atoms with Crippen LogP contribution in [0.1, 0.15) is 32.3 Å². The molecular formula is C18H24O. The Morgan fingerprint density at radius 1 is 1.11 bits per heavy atom. The highest BCUT2D eigenvalue weighted by Crippen LogP contribution is 2.37. The SMILES string of the molecule is C=COCC(CC(=C)C)(CC(=C)C)c1ccccc1. The molecular weight excluding hydrogens is 232 g/mol. The fourth-order valence-electron chi connectivity index (χ4n) is 2.62. The zero-order valence-corrected chi connectivity index (χ0v) is 12.1. The number of allylic oxidation sites excluding steroid dienone is 2. The summed E-state index contributed by atoms with van der Waals surface area (Å²) >= 11 is 0. The second kappa shape index (κ2) is 6.98. The van der Waals surface area contributed by atoms with Crippen LogP contribution in [-0.2, 0) is 10.2 Å². The van der Waals surface area contributed by atoms with Crippen LogP contribution in [0.25, 0.3) is 0 Å². The van der Waals surface area contributed by atoms with E-state index in [0.29, 0.717) is 6.61 Å². The molecule has 0 aromatic heterocycles. The van der Waals surface area contributed by atoms with Crippen molar-refractivity contribution in [3.05, 3.63) is 73.0 Å². The largest absolute Gasteiger partial charge is 0.501 e. The predicted octanol–water partition coefficient (Wildman–Crippen LogP) is 5.02. The third-order valence-electron chi connectivity index (χ3n) is 3.14. The van der Waals surface area contributed by atoms with E-state index in [1.807, 2.05) is 6.07 Å². The monoisotopic (exact) mass is 256 g/mol. The standard InChI is InChI=1S/C18H24O/c1-6-19-14-18(12-15(2)3,13-16(4)5)17-10-8-7-9-11-17/h6-11H,1-2,4,12-14H2,3,5H3. The summed E-state index contributed by atoms with van der Waals surface area (Å²) in [6.07, 6.45) is 3.28. The molecule has 0 N–H and O–H groups in total. The van der Waals surface area contributed by atoms with Crippen molar-refractivity contribution in [2.45, 2.75) is 32.1 Å². The van der Waals surface area contributed by atoms with Crippen LogP contribution in [0.5, 0.6) is 0 Å². The molecule has 1 aromatic carbocycles. The lowest BCUT2D eigenvalue weighted by molar-refractivity contribution is 0.164. The molecule has 0 saturated carbocycles. The second-order valence-corrected chi connectivity index (χ2v) is 5.39. The smallest absolute Gasteiger partial charge is 0.0975 e. The minimum absolute atomic E-state index is 0.104. The van der Waals surface area contributed by atoms with Gasteiger partial charge in [0.25, 0.3) is 0 Å². The molecule has 0 heterocycles. The summed E-state index contributed by atoms with van der Waals surface area (Å²) in [7, 11) is 0. The average Bonchev–Trinajstić information content (AvgIpc) is 2.35. The Labute approximate surface area is 117 Å². The van der Waals surface area contributed by atoms with Gasteiger partial charge in [0, 0.05) is 5.41 Å². The number of rotatable bonds is 8. The highest BCUT2D eigenvalue weighted by atomic mass is 16.5. The molecule has 0 aliphatic rings. The van der Waals surface area contributed by atoms with Crippen molar-refractivity contribution < 1.29 is 4.74 Å². The van der Waals surface area contributed by atoms with E-state index >= 15 is 0 Å². The van der Waals surface area contributed by atoms with E-state index < -0.39 is 0 Å². The van der Waals surface area contributed by atoms with Crippen molar-refractivity contribution in [2.75, 3.05) is 6.61 Å². The van der Waals surface area contributed by atoms with Crippen molar-refractivity contribution >= 4 is 0 Å². The van der Waals surface area contributed by atoms with Gasteiger partial charge in [-0.15, -0.1) is 13.2 Å². The molecule has 1 heteroatoms. The maximum atomic E-state index is 5.54. The summed E-state index contributed by atoms with van der Waals surface area (Å²) in [5, 5.41) is 0. The molecule has 1 nitrogen and oxygen atoms in total. The minimum atomic E-state index is -0.104. The van der Waals surface area contributed by atoms with Crippen LogP contribution in [0.3, 0.4) is 0 Å². The first kappa shape index (κ1) is 15.3. The van der Waals surface area contributed by atoms with Crippen molar-refractivity contribution in [1.29, 1.82) is 0 Å². The molecule has 19 heavy (non-hydrogen) atoms. The lowest BCUT2D eigenvalue weighted by Crippen LogP contribution is -2.32. The molecule has 0 spiro atoms. The maximum Gasteiger partial charge on any atom is 0.0975 e. The molecule has 0 radical (unpaired) electrons. The molecule has 0 fully saturated rings. The predicted molar refractivity (Wildman–Crippen MR) is 83.1 cm³/mol. The fraction of sp³-hybridized carbons (Fsp3) is 0.333. The van der Waals surface area contributed by atoms with Gasteiger partial charge in [-0.1, -0.05) is 48.1 Å². The van der Waals surface area contributed by atoms with E-state index in [-0.39, 0.29) is 5.41 Å². The molecule has 0 aliphatic heterocycles. The van der Waals surface area contributed by atoms with Crippen LogP contribution in [0.4, 0.5) is 0 Å². The van der Waals surface area contributed by atoms with E-state index in [2.05, 4.69) is 57.8 Å². The average molecular weight is 256 g/mol. The normalized spacial score (nSPS) is 10.8. The topological polar surface area (TPSA) is 9.23 Å². The molecule has 0 amide bonds. The molecule has 1 aromatic rings. The lowest BCUT2D eigenvalue weighted by atomic mass is 9.72. The minimum Gasteiger partial charge on any atom is -0.501 e. The van der Waals surface area contributed by atoms with E-state index in [0.717, 1.165) is 24.0 Å². The van der Waals surface area contributed by atoms with Gasteiger partial charge in [-0.25, -0.2) is 0 Å². The van der Waals surface area contributed by atoms with E-state index in [9.17, 15) is 0 Å². The van der Waals surface area contributed by atoms with Crippen LogP contribution in [0.15, 0.2) is 67.5 Å².